The van der Waals surface area contributed by atoms with Gasteiger partial charge in [-0.1, -0.05) is 53.5 Å². The van der Waals surface area contributed by atoms with Crippen molar-refractivity contribution in [3.05, 3.63) is 64.1 Å². The maximum atomic E-state index is 12.2. The summed E-state index contributed by atoms with van der Waals surface area (Å²) < 4.78 is 4.97. The van der Waals surface area contributed by atoms with Gasteiger partial charge in [-0.05, 0) is 25.1 Å². The Morgan fingerprint density at radius 2 is 2.00 bits per heavy atom. The summed E-state index contributed by atoms with van der Waals surface area (Å²) >= 11 is 12.3. The summed E-state index contributed by atoms with van der Waals surface area (Å²) in [4.78, 5) is 18.1. The Labute approximate surface area is 155 Å². The molecule has 0 amide bonds. The number of carbonyl (C=O) groups excluding carboxylic acids is 1. The van der Waals surface area contributed by atoms with Crippen LogP contribution in [0.5, 0.6) is 0 Å². The van der Waals surface area contributed by atoms with Crippen molar-refractivity contribution in [2.75, 3.05) is 18.1 Å². The van der Waals surface area contributed by atoms with Crippen LogP contribution in [0.4, 0.5) is 5.69 Å². The van der Waals surface area contributed by atoms with E-state index in [2.05, 4.69) is 4.99 Å². The molecule has 1 atom stereocenters. The number of hydrogen-bond donors (Lipinski definition) is 1. The third-order valence-corrected chi connectivity index (χ3v) is 4.30. The molecule has 0 spiro atoms. The van der Waals surface area contributed by atoms with Gasteiger partial charge in [0.25, 0.3) is 5.72 Å². The van der Waals surface area contributed by atoms with Gasteiger partial charge < -0.3 is 14.7 Å². The predicted molar refractivity (Wildman–Crippen MR) is 98.4 cm³/mol. The monoisotopic (exact) mass is 378 g/mol. The number of carbonyl (C=O) groups is 1. The fourth-order valence-electron chi connectivity index (χ4n) is 2.63. The highest BCUT2D eigenvalue weighted by Gasteiger charge is 2.46. The van der Waals surface area contributed by atoms with Gasteiger partial charge in [0, 0.05) is 10.6 Å². The van der Waals surface area contributed by atoms with Crippen LogP contribution in [0.1, 0.15) is 12.5 Å². The van der Waals surface area contributed by atoms with Crippen molar-refractivity contribution in [1.29, 1.82) is 0 Å². The third kappa shape index (κ3) is 3.49. The Bertz CT molecular complexity index is 826. The number of anilines is 1. The Kier molecular flexibility index (Phi) is 4.99. The average Bonchev–Trinajstić information content (AvgIpc) is 2.95. The van der Waals surface area contributed by atoms with E-state index in [1.165, 1.54) is 0 Å². The van der Waals surface area contributed by atoms with Gasteiger partial charge in [0.15, 0.2) is 0 Å². The lowest BCUT2D eigenvalue weighted by Crippen LogP contribution is -2.43. The van der Waals surface area contributed by atoms with Gasteiger partial charge in [-0.15, -0.1) is 0 Å². The van der Waals surface area contributed by atoms with Gasteiger partial charge in [0.2, 0.25) is 0 Å². The number of β-amino-alcohol motifs (C(OH)–C–C–N with tert-alkyl or cyclic N) is 1. The summed E-state index contributed by atoms with van der Waals surface area (Å²) in [6.07, 6.45) is 0. The van der Waals surface area contributed by atoms with E-state index < -0.39 is 11.7 Å². The van der Waals surface area contributed by atoms with Crippen molar-refractivity contribution in [2.45, 2.75) is 12.6 Å². The molecule has 0 radical (unpaired) electrons. The first kappa shape index (κ1) is 17.7. The molecule has 0 saturated heterocycles. The normalized spacial score (nSPS) is 19.7. The number of hydrogen-bond acceptors (Lipinski definition) is 5. The second-order valence-electron chi connectivity index (χ2n) is 5.52. The highest BCUT2D eigenvalue weighted by molar-refractivity contribution is 6.37. The van der Waals surface area contributed by atoms with E-state index in [4.69, 9.17) is 27.9 Å². The third-order valence-electron chi connectivity index (χ3n) is 3.76. The SMILES string of the molecule is CCOC(=O)C1(O)CN(c2ccc(Cl)cc2Cl)C(c2ccccc2)=N1. The smallest absolute Gasteiger partial charge is 0.363 e. The highest BCUT2D eigenvalue weighted by Crippen LogP contribution is 2.35. The van der Waals surface area contributed by atoms with Crippen LogP contribution in [0.2, 0.25) is 10.0 Å². The number of halogens is 2. The number of amidine groups is 1. The zero-order valence-electron chi connectivity index (χ0n) is 13.4. The van der Waals surface area contributed by atoms with E-state index in [1.54, 1.807) is 30.0 Å². The first-order valence-corrected chi connectivity index (χ1v) is 8.47. The van der Waals surface area contributed by atoms with Gasteiger partial charge in [0.05, 0.1) is 23.9 Å². The van der Waals surface area contributed by atoms with Crippen LogP contribution in [-0.4, -0.2) is 35.8 Å². The summed E-state index contributed by atoms with van der Waals surface area (Å²) in [5, 5.41) is 11.6. The molecule has 25 heavy (non-hydrogen) atoms. The molecular weight excluding hydrogens is 363 g/mol. The van der Waals surface area contributed by atoms with Gasteiger partial charge in [0.1, 0.15) is 5.84 Å². The van der Waals surface area contributed by atoms with Crippen molar-refractivity contribution >= 4 is 40.7 Å². The van der Waals surface area contributed by atoms with Crippen molar-refractivity contribution in [1.82, 2.24) is 0 Å². The zero-order valence-corrected chi connectivity index (χ0v) is 15.0. The lowest BCUT2D eigenvalue weighted by atomic mass is 10.1. The van der Waals surface area contributed by atoms with Crippen LogP contribution in [0.25, 0.3) is 0 Å². The van der Waals surface area contributed by atoms with Gasteiger partial charge in [-0.3, -0.25) is 0 Å². The summed E-state index contributed by atoms with van der Waals surface area (Å²) in [6.45, 7) is 1.72. The van der Waals surface area contributed by atoms with Crippen molar-refractivity contribution in [2.24, 2.45) is 4.99 Å². The minimum atomic E-state index is -2.00. The maximum Gasteiger partial charge on any atom is 0.363 e. The van der Waals surface area contributed by atoms with Gasteiger partial charge >= 0.3 is 5.97 Å². The Morgan fingerprint density at radius 3 is 2.64 bits per heavy atom. The molecule has 1 aliphatic heterocycles. The summed E-state index contributed by atoms with van der Waals surface area (Å²) in [5.41, 5.74) is -0.660. The lowest BCUT2D eigenvalue weighted by molar-refractivity contribution is -0.162. The average molecular weight is 379 g/mol. The molecule has 0 fully saturated rings. The lowest BCUT2D eigenvalue weighted by Gasteiger charge is -2.24. The maximum absolute atomic E-state index is 12.2. The number of nitrogens with zero attached hydrogens (tertiary/aromatic N) is 2. The molecule has 0 saturated carbocycles. The highest BCUT2D eigenvalue weighted by atomic mass is 35.5. The minimum absolute atomic E-state index is 0.0998. The van der Waals surface area contributed by atoms with E-state index in [9.17, 15) is 9.90 Å². The van der Waals surface area contributed by atoms with E-state index >= 15 is 0 Å². The van der Waals surface area contributed by atoms with Crippen LogP contribution in [0.3, 0.4) is 0 Å². The first-order valence-electron chi connectivity index (χ1n) is 7.72. The molecule has 1 aliphatic rings. The Hall–Kier alpha value is -2.08. The first-order chi connectivity index (χ1) is 11.9. The predicted octanol–water partition coefficient (Wildman–Crippen LogP) is 3.51. The number of esters is 1. The van der Waals surface area contributed by atoms with Crippen molar-refractivity contribution < 1.29 is 14.6 Å². The second-order valence-corrected chi connectivity index (χ2v) is 6.36. The molecule has 0 aliphatic carbocycles. The fraction of sp³-hybridized carbons (Fsp3) is 0.222. The quantitative estimate of drug-likeness (QED) is 0.826. The summed E-state index contributed by atoms with van der Waals surface area (Å²) in [5.74, 6) is -0.364. The number of aliphatic imine (C=N–C) groups is 1. The van der Waals surface area contributed by atoms with E-state index in [0.717, 1.165) is 5.56 Å². The molecule has 1 unspecified atom stereocenters. The number of rotatable bonds is 4. The molecule has 2 aromatic rings. The van der Waals surface area contributed by atoms with Crippen LogP contribution in [0.15, 0.2) is 53.5 Å². The minimum Gasteiger partial charge on any atom is -0.462 e. The molecule has 7 heteroatoms. The number of ether oxygens (including phenoxy) is 1. The fourth-order valence-corrected chi connectivity index (χ4v) is 3.14. The molecule has 5 nitrogen and oxygen atoms in total. The summed E-state index contributed by atoms with van der Waals surface area (Å²) in [7, 11) is 0. The van der Waals surface area contributed by atoms with Crippen LogP contribution < -0.4 is 4.90 Å². The largest absolute Gasteiger partial charge is 0.462 e. The van der Waals surface area contributed by atoms with Crippen molar-refractivity contribution in [3.8, 4) is 0 Å². The Morgan fingerprint density at radius 1 is 1.28 bits per heavy atom. The standard InChI is InChI=1S/C18H16Cl2N2O3/c1-2-25-17(23)18(24)11-22(15-9-8-13(19)10-14(15)20)16(21-18)12-6-4-3-5-7-12/h3-10,24H,2,11H2,1H3. The molecule has 3 rings (SSSR count). The molecule has 1 heterocycles. The number of aliphatic hydroxyl groups is 1. The molecule has 0 bridgehead atoms. The number of benzene rings is 2. The van der Waals surface area contributed by atoms with E-state index in [1.807, 2.05) is 30.3 Å². The van der Waals surface area contributed by atoms with E-state index in [0.29, 0.717) is 21.6 Å². The van der Waals surface area contributed by atoms with Crippen molar-refractivity contribution in [3.63, 3.8) is 0 Å². The summed E-state index contributed by atoms with van der Waals surface area (Å²) in [6, 6.07) is 14.3. The molecule has 2 aromatic carbocycles. The molecule has 0 aromatic heterocycles. The Balaban J connectivity index is 2.08. The molecular formula is C18H16Cl2N2O3. The van der Waals surface area contributed by atoms with Gasteiger partial charge in [-0.2, -0.15) is 0 Å². The van der Waals surface area contributed by atoms with Crippen LogP contribution >= 0.6 is 23.2 Å². The van der Waals surface area contributed by atoms with Crippen LogP contribution in [0, 0.1) is 0 Å². The zero-order chi connectivity index (χ0) is 18.0. The van der Waals surface area contributed by atoms with Crippen LogP contribution in [-0.2, 0) is 9.53 Å². The molecule has 130 valence electrons. The molecule has 1 N–H and O–H groups in total. The topological polar surface area (TPSA) is 62.1 Å². The van der Waals surface area contributed by atoms with Gasteiger partial charge in [-0.25, -0.2) is 9.79 Å². The van der Waals surface area contributed by atoms with E-state index in [-0.39, 0.29) is 13.2 Å². The second kappa shape index (κ2) is 7.04.